The van der Waals surface area contributed by atoms with Crippen LogP contribution < -0.4 is 5.32 Å². The van der Waals surface area contributed by atoms with Gasteiger partial charge in [-0.25, -0.2) is 0 Å². The second-order valence-electron chi connectivity index (χ2n) is 2.65. The fourth-order valence-electron chi connectivity index (χ4n) is 0.798. The molecule has 0 amide bonds. The second-order valence-corrected chi connectivity index (χ2v) is 2.65. The van der Waals surface area contributed by atoms with Gasteiger partial charge in [-0.1, -0.05) is 5.92 Å². The van der Waals surface area contributed by atoms with Crippen LogP contribution in [0.4, 0.5) is 5.82 Å². The Morgan fingerprint density at radius 2 is 2.42 bits per heavy atom. The lowest BCUT2D eigenvalue weighted by Crippen LogP contribution is -2.13. The molecule has 1 aromatic heterocycles. The molecule has 3 heteroatoms. The third-order valence-electron chi connectivity index (χ3n) is 1.41. The van der Waals surface area contributed by atoms with Gasteiger partial charge in [0.15, 0.2) is 0 Å². The summed E-state index contributed by atoms with van der Waals surface area (Å²) < 4.78 is 0. The van der Waals surface area contributed by atoms with Crippen LogP contribution in [0.1, 0.15) is 12.5 Å². The molecule has 0 saturated carbocycles. The number of nitrogens with zero attached hydrogens (tertiary/aromatic N) is 2. The maximum atomic E-state index is 5.20. The van der Waals surface area contributed by atoms with E-state index in [1.54, 1.807) is 6.20 Å². The van der Waals surface area contributed by atoms with Crippen LogP contribution in [0.25, 0.3) is 0 Å². The van der Waals surface area contributed by atoms with Gasteiger partial charge in [-0.05, 0) is 25.5 Å². The molecule has 1 rings (SSSR count). The largest absolute Gasteiger partial charge is 0.355 e. The molecule has 0 saturated heterocycles. The first-order valence-corrected chi connectivity index (χ1v) is 3.74. The van der Waals surface area contributed by atoms with Crippen LogP contribution in [-0.2, 0) is 0 Å². The van der Waals surface area contributed by atoms with Crippen molar-refractivity contribution in [2.75, 3.05) is 5.32 Å². The molecule has 1 atom stereocenters. The fourth-order valence-corrected chi connectivity index (χ4v) is 0.798. The molecule has 1 heterocycles. The molecule has 0 aromatic carbocycles. The first-order chi connectivity index (χ1) is 5.72. The van der Waals surface area contributed by atoms with Crippen LogP contribution in [0.3, 0.4) is 0 Å². The van der Waals surface area contributed by atoms with Crippen molar-refractivity contribution in [1.29, 1.82) is 0 Å². The highest BCUT2D eigenvalue weighted by Crippen LogP contribution is 2.04. The number of aryl methyl sites for hydroxylation is 1. The molecule has 1 aromatic rings. The molecule has 0 spiro atoms. The molecule has 12 heavy (non-hydrogen) atoms. The molecule has 0 radical (unpaired) electrons. The highest BCUT2D eigenvalue weighted by molar-refractivity contribution is 5.37. The average molecular weight is 161 g/mol. The van der Waals surface area contributed by atoms with Gasteiger partial charge >= 0.3 is 0 Å². The lowest BCUT2D eigenvalue weighted by atomic mass is 10.3. The zero-order chi connectivity index (χ0) is 8.97. The van der Waals surface area contributed by atoms with Crippen molar-refractivity contribution in [2.24, 2.45) is 0 Å². The van der Waals surface area contributed by atoms with Gasteiger partial charge in [0.1, 0.15) is 5.82 Å². The molecule has 0 aliphatic carbocycles. The number of hydrogen-bond donors (Lipinski definition) is 1. The monoisotopic (exact) mass is 161 g/mol. The van der Waals surface area contributed by atoms with Crippen molar-refractivity contribution in [3.8, 4) is 12.3 Å². The van der Waals surface area contributed by atoms with Crippen LogP contribution in [0.5, 0.6) is 0 Å². The van der Waals surface area contributed by atoms with E-state index in [2.05, 4.69) is 21.4 Å². The van der Waals surface area contributed by atoms with E-state index in [4.69, 9.17) is 6.42 Å². The predicted octanol–water partition coefficient (Wildman–Crippen LogP) is 1.22. The summed E-state index contributed by atoms with van der Waals surface area (Å²) in [6.07, 6.45) is 6.90. The standard InChI is InChI=1S/C9H11N3/c1-4-8(3)11-9-5-7(2)6-10-12-9/h1,5-6,8H,2-3H3,(H,11,12). The number of hydrogen-bond acceptors (Lipinski definition) is 3. The van der Waals surface area contributed by atoms with Gasteiger partial charge in [-0.2, -0.15) is 5.10 Å². The highest BCUT2D eigenvalue weighted by atomic mass is 15.2. The zero-order valence-electron chi connectivity index (χ0n) is 7.20. The zero-order valence-corrected chi connectivity index (χ0v) is 7.20. The lowest BCUT2D eigenvalue weighted by Gasteiger charge is -2.06. The van der Waals surface area contributed by atoms with E-state index in [-0.39, 0.29) is 6.04 Å². The second kappa shape index (κ2) is 3.72. The van der Waals surface area contributed by atoms with Crippen molar-refractivity contribution >= 4 is 5.82 Å². The molecule has 0 aliphatic rings. The predicted molar refractivity (Wildman–Crippen MR) is 48.7 cm³/mol. The molecule has 1 N–H and O–H groups in total. The number of rotatable bonds is 2. The van der Waals surface area contributed by atoms with Gasteiger partial charge in [-0.3, -0.25) is 0 Å². The van der Waals surface area contributed by atoms with Gasteiger partial charge < -0.3 is 5.32 Å². The van der Waals surface area contributed by atoms with Crippen LogP contribution >= 0.6 is 0 Å². The van der Waals surface area contributed by atoms with E-state index >= 15 is 0 Å². The summed E-state index contributed by atoms with van der Waals surface area (Å²) in [5.41, 5.74) is 1.07. The number of anilines is 1. The van der Waals surface area contributed by atoms with Gasteiger partial charge in [0.05, 0.1) is 12.2 Å². The van der Waals surface area contributed by atoms with E-state index in [9.17, 15) is 0 Å². The minimum absolute atomic E-state index is 0.0129. The van der Waals surface area contributed by atoms with Gasteiger partial charge in [0.25, 0.3) is 0 Å². The Morgan fingerprint density at radius 3 is 3.00 bits per heavy atom. The first-order valence-electron chi connectivity index (χ1n) is 3.74. The SMILES string of the molecule is C#CC(C)Nc1cc(C)cnn1. The van der Waals surface area contributed by atoms with Crippen molar-refractivity contribution < 1.29 is 0 Å². The van der Waals surface area contributed by atoms with Crippen molar-refractivity contribution in [3.05, 3.63) is 17.8 Å². The van der Waals surface area contributed by atoms with Crippen molar-refractivity contribution in [2.45, 2.75) is 19.9 Å². The molecule has 62 valence electrons. The molecule has 1 unspecified atom stereocenters. The summed E-state index contributed by atoms with van der Waals surface area (Å²) in [4.78, 5) is 0. The van der Waals surface area contributed by atoms with E-state index in [0.717, 1.165) is 11.4 Å². The normalized spacial score (nSPS) is 11.8. The topological polar surface area (TPSA) is 37.8 Å². The van der Waals surface area contributed by atoms with Crippen molar-refractivity contribution in [1.82, 2.24) is 10.2 Å². The van der Waals surface area contributed by atoms with Crippen LogP contribution in [0.15, 0.2) is 12.3 Å². The summed E-state index contributed by atoms with van der Waals surface area (Å²) in [5.74, 6) is 3.28. The highest BCUT2D eigenvalue weighted by Gasteiger charge is 1.98. The summed E-state index contributed by atoms with van der Waals surface area (Å²) in [6, 6.07) is 1.89. The lowest BCUT2D eigenvalue weighted by molar-refractivity contribution is 0.955. The first kappa shape index (κ1) is 8.54. The fraction of sp³-hybridized carbons (Fsp3) is 0.333. The average Bonchev–Trinajstić information content (AvgIpc) is 2.04. The molecule has 0 fully saturated rings. The molecule has 0 aliphatic heterocycles. The smallest absolute Gasteiger partial charge is 0.149 e. The van der Waals surface area contributed by atoms with E-state index in [1.165, 1.54) is 0 Å². The van der Waals surface area contributed by atoms with E-state index in [1.807, 2.05) is 19.9 Å². The molecule has 0 bridgehead atoms. The maximum absolute atomic E-state index is 5.20. The van der Waals surface area contributed by atoms with Gasteiger partial charge in [0, 0.05) is 0 Å². The summed E-state index contributed by atoms with van der Waals surface area (Å²) in [6.45, 7) is 3.85. The Kier molecular flexibility index (Phi) is 2.65. The van der Waals surface area contributed by atoms with Gasteiger partial charge in [-0.15, -0.1) is 11.5 Å². The molecule has 3 nitrogen and oxygen atoms in total. The summed E-state index contributed by atoms with van der Waals surface area (Å²) >= 11 is 0. The minimum Gasteiger partial charge on any atom is -0.355 e. The number of aromatic nitrogens is 2. The minimum atomic E-state index is -0.0129. The number of nitrogens with one attached hydrogen (secondary N) is 1. The Hall–Kier alpha value is -1.56. The Balaban J connectivity index is 2.71. The maximum Gasteiger partial charge on any atom is 0.149 e. The van der Waals surface area contributed by atoms with E-state index in [0.29, 0.717) is 0 Å². The Morgan fingerprint density at radius 1 is 1.67 bits per heavy atom. The Bertz CT molecular complexity index is 301. The third-order valence-corrected chi connectivity index (χ3v) is 1.41. The summed E-state index contributed by atoms with van der Waals surface area (Å²) in [5, 5.41) is 10.7. The molecular formula is C9H11N3. The van der Waals surface area contributed by atoms with Gasteiger partial charge in [0.2, 0.25) is 0 Å². The van der Waals surface area contributed by atoms with Crippen LogP contribution in [-0.4, -0.2) is 16.2 Å². The number of terminal acetylenes is 1. The molecular weight excluding hydrogens is 150 g/mol. The van der Waals surface area contributed by atoms with Crippen molar-refractivity contribution in [3.63, 3.8) is 0 Å². The quantitative estimate of drug-likeness (QED) is 0.663. The van der Waals surface area contributed by atoms with E-state index < -0.39 is 0 Å². The van der Waals surface area contributed by atoms with Crippen LogP contribution in [0, 0.1) is 19.3 Å². The third kappa shape index (κ3) is 2.24. The summed E-state index contributed by atoms with van der Waals surface area (Å²) in [7, 11) is 0. The Labute approximate surface area is 72.2 Å². The van der Waals surface area contributed by atoms with Crippen LogP contribution in [0.2, 0.25) is 0 Å².